The van der Waals surface area contributed by atoms with Gasteiger partial charge in [0.25, 0.3) is 0 Å². The first-order valence-electron chi connectivity index (χ1n) is 7.42. The number of piperidine rings is 1. The van der Waals surface area contributed by atoms with Crippen LogP contribution in [0.3, 0.4) is 0 Å². The maximum absolute atomic E-state index is 12.9. The lowest BCUT2D eigenvalue weighted by molar-refractivity contribution is -0.121. The molecule has 0 radical (unpaired) electrons. The van der Waals surface area contributed by atoms with E-state index in [1.165, 1.54) is 12.1 Å². The summed E-state index contributed by atoms with van der Waals surface area (Å²) in [5.41, 5.74) is 1.14. The summed E-state index contributed by atoms with van der Waals surface area (Å²) in [5.74, 6) is 0.863. The molecule has 1 N–H and O–H groups in total. The molecule has 1 amide bonds. The topological polar surface area (TPSA) is 32.3 Å². The largest absolute Gasteiger partial charge is 0.353 e. The summed E-state index contributed by atoms with van der Waals surface area (Å²) in [5, 5.41) is 3.12. The second kappa shape index (κ2) is 8.39. The van der Waals surface area contributed by atoms with Gasteiger partial charge in [-0.3, -0.25) is 9.69 Å². The van der Waals surface area contributed by atoms with Crippen molar-refractivity contribution in [3.63, 3.8) is 0 Å². The minimum atomic E-state index is -0.189. The van der Waals surface area contributed by atoms with E-state index in [-0.39, 0.29) is 11.7 Å². The lowest BCUT2D eigenvalue weighted by Crippen LogP contribution is -2.44. The Morgan fingerprint density at radius 2 is 2.00 bits per heavy atom. The molecular formula is C16H23FN2OS. The normalized spacial score (nSPS) is 16.9. The van der Waals surface area contributed by atoms with Gasteiger partial charge in [-0.05, 0) is 36.8 Å². The average molecular weight is 310 g/mol. The van der Waals surface area contributed by atoms with Crippen LogP contribution in [0.25, 0.3) is 0 Å². The third-order valence-corrected chi connectivity index (χ3v) is 4.42. The van der Waals surface area contributed by atoms with Crippen molar-refractivity contribution >= 4 is 17.7 Å². The molecule has 5 heteroatoms. The van der Waals surface area contributed by atoms with Gasteiger partial charge in [-0.2, -0.15) is 11.8 Å². The van der Waals surface area contributed by atoms with Crippen LogP contribution in [0.5, 0.6) is 0 Å². The van der Waals surface area contributed by atoms with Crippen molar-refractivity contribution in [3.05, 3.63) is 35.6 Å². The van der Waals surface area contributed by atoms with E-state index >= 15 is 0 Å². The molecule has 1 aromatic carbocycles. The first-order chi connectivity index (χ1) is 10.2. The molecule has 0 saturated carbocycles. The first-order valence-corrected chi connectivity index (χ1v) is 8.82. The maximum atomic E-state index is 12.9. The predicted molar refractivity (Wildman–Crippen MR) is 85.8 cm³/mol. The second-order valence-corrected chi connectivity index (χ2v) is 6.47. The SMILES string of the molecule is CSCCC(=O)NC1CCN(Cc2ccc(F)cc2)CC1. The molecule has 0 aliphatic carbocycles. The highest BCUT2D eigenvalue weighted by atomic mass is 32.2. The van der Waals surface area contributed by atoms with Crippen LogP contribution in [-0.2, 0) is 11.3 Å². The van der Waals surface area contributed by atoms with Crippen molar-refractivity contribution in [2.75, 3.05) is 25.1 Å². The fourth-order valence-corrected chi connectivity index (χ4v) is 2.97. The summed E-state index contributed by atoms with van der Waals surface area (Å²) < 4.78 is 12.9. The lowest BCUT2D eigenvalue weighted by Gasteiger charge is -2.32. The van der Waals surface area contributed by atoms with Crippen LogP contribution in [0.15, 0.2) is 24.3 Å². The van der Waals surface area contributed by atoms with Crippen molar-refractivity contribution < 1.29 is 9.18 Å². The van der Waals surface area contributed by atoms with E-state index < -0.39 is 0 Å². The fraction of sp³-hybridized carbons (Fsp3) is 0.562. The van der Waals surface area contributed by atoms with Gasteiger partial charge in [0.15, 0.2) is 0 Å². The summed E-state index contributed by atoms with van der Waals surface area (Å²) in [4.78, 5) is 14.1. The average Bonchev–Trinajstić information content (AvgIpc) is 2.49. The first kappa shape index (κ1) is 16.3. The molecule has 3 nitrogen and oxygen atoms in total. The summed E-state index contributed by atoms with van der Waals surface area (Å²) in [6.07, 6.45) is 4.61. The quantitative estimate of drug-likeness (QED) is 0.877. The number of thioether (sulfide) groups is 1. The Morgan fingerprint density at radius 3 is 2.62 bits per heavy atom. The molecule has 21 heavy (non-hydrogen) atoms. The molecule has 1 aromatic rings. The Hall–Kier alpha value is -1.07. The Bertz CT molecular complexity index is 444. The van der Waals surface area contributed by atoms with Crippen LogP contribution in [0.2, 0.25) is 0 Å². The number of nitrogens with zero attached hydrogens (tertiary/aromatic N) is 1. The summed E-state index contributed by atoms with van der Waals surface area (Å²) in [7, 11) is 0. The molecule has 1 saturated heterocycles. The molecular weight excluding hydrogens is 287 g/mol. The van der Waals surface area contributed by atoms with Crippen molar-refractivity contribution in [1.29, 1.82) is 0 Å². The standard InChI is InChI=1S/C16H23FN2OS/c1-21-11-8-16(20)18-15-6-9-19(10-7-15)12-13-2-4-14(17)5-3-13/h2-5,15H,6-12H2,1H3,(H,18,20). The molecule has 116 valence electrons. The van der Waals surface area contributed by atoms with E-state index in [9.17, 15) is 9.18 Å². The van der Waals surface area contributed by atoms with Gasteiger partial charge in [0.1, 0.15) is 5.82 Å². The highest BCUT2D eigenvalue weighted by Crippen LogP contribution is 2.14. The smallest absolute Gasteiger partial charge is 0.221 e. The van der Waals surface area contributed by atoms with E-state index in [2.05, 4.69) is 10.2 Å². The van der Waals surface area contributed by atoms with E-state index in [1.54, 1.807) is 11.8 Å². The highest BCUT2D eigenvalue weighted by Gasteiger charge is 2.20. The summed E-state index contributed by atoms with van der Waals surface area (Å²) >= 11 is 1.70. The number of nitrogens with one attached hydrogen (secondary N) is 1. The van der Waals surface area contributed by atoms with Crippen LogP contribution in [0.4, 0.5) is 4.39 Å². The molecule has 0 atom stereocenters. The molecule has 1 aliphatic heterocycles. The van der Waals surface area contributed by atoms with E-state index in [1.807, 2.05) is 18.4 Å². The van der Waals surface area contributed by atoms with Crippen LogP contribution in [0.1, 0.15) is 24.8 Å². The number of hydrogen-bond donors (Lipinski definition) is 1. The molecule has 0 unspecified atom stereocenters. The van der Waals surface area contributed by atoms with Gasteiger partial charge >= 0.3 is 0 Å². The molecule has 0 spiro atoms. The van der Waals surface area contributed by atoms with Crippen molar-refractivity contribution in [2.45, 2.75) is 31.8 Å². The third-order valence-electron chi connectivity index (χ3n) is 3.81. The maximum Gasteiger partial charge on any atom is 0.221 e. The molecule has 2 rings (SSSR count). The van der Waals surface area contributed by atoms with Gasteiger partial charge in [0, 0.05) is 37.8 Å². The number of carbonyl (C=O) groups is 1. The monoisotopic (exact) mass is 310 g/mol. The van der Waals surface area contributed by atoms with Crippen LogP contribution in [0, 0.1) is 5.82 Å². The number of likely N-dealkylation sites (tertiary alicyclic amines) is 1. The van der Waals surface area contributed by atoms with E-state index in [0.717, 1.165) is 43.8 Å². The van der Waals surface area contributed by atoms with Crippen molar-refractivity contribution in [3.8, 4) is 0 Å². The predicted octanol–water partition coefficient (Wildman–Crippen LogP) is 2.66. The Morgan fingerprint density at radius 1 is 1.33 bits per heavy atom. The van der Waals surface area contributed by atoms with Gasteiger partial charge in [-0.25, -0.2) is 4.39 Å². The zero-order chi connectivity index (χ0) is 15.1. The van der Waals surface area contributed by atoms with Gasteiger partial charge in [-0.15, -0.1) is 0 Å². The Kier molecular flexibility index (Phi) is 6.51. The van der Waals surface area contributed by atoms with Gasteiger partial charge in [0.2, 0.25) is 5.91 Å². The number of halogens is 1. The summed E-state index contributed by atoms with van der Waals surface area (Å²) in [6.45, 7) is 2.81. The Labute approximate surface area is 130 Å². The minimum absolute atomic E-state index is 0.168. The number of hydrogen-bond acceptors (Lipinski definition) is 3. The highest BCUT2D eigenvalue weighted by molar-refractivity contribution is 7.98. The van der Waals surface area contributed by atoms with Gasteiger partial charge in [-0.1, -0.05) is 12.1 Å². The van der Waals surface area contributed by atoms with Crippen molar-refractivity contribution in [2.24, 2.45) is 0 Å². The molecule has 1 fully saturated rings. The van der Waals surface area contributed by atoms with Gasteiger partial charge < -0.3 is 5.32 Å². The van der Waals surface area contributed by atoms with Gasteiger partial charge in [0.05, 0.1) is 0 Å². The van der Waals surface area contributed by atoms with Crippen LogP contribution >= 0.6 is 11.8 Å². The molecule has 1 heterocycles. The van der Waals surface area contributed by atoms with Crippen LogP contribution in [-0.4, -0.2) is 41.9 Å². The van der Waals surface area contributed by atoms with E-state index in [0.29, 0.717) is 12.5 Å². The van der Waals surface area contributed by atoms with Crippen molar-refractivity contribution in [1.82, 2.24) is 10.2 Å². The van der Waals surface area contributed by atoms with E-state index in [4.69, 9.17) is 0 Å². The molecule has 0 aromatic heterocycles. The minimum Gasteiger partial charge on any atom is -0.353 e. The number of amides is 1. The zero-order valence-corrected chi connectivity index (χ0v) is 13.3. The third kappa shape index (κ3) is 5.67. The lowest BCUT2D eigenvalue weighted by atomic mass is 10.0. The zero-order valence-electron chi connectivity index (χ0n) is 12.5. The fourth-order valence-electron chi connectivity index (χ4n) is 2.58. The summed E-state index contributed by atoms with van der Waals surface area (Å²) in [6, 6.07) is 7.00. The number of benzene rings is 1. The van der Waals surface area contributed by atoms with Crippen LogP contribution < -0.4 is 5.32 Å². The Balaban J connectivity index is 1.70. The second-order valence-electron chi connectivity index (χ2n) is 5.49. The number of carbonyl (C=O) groups excluding carboxylic acids is 1. The molecule has 1 aliphatic rings. The number of rotatable bonds is 6. The molecule has 0 bridgehead atoms.